The molecule has 0 nitrogen and oxygen atoms in total. The minimum absolute atomic E-state index is 0.704. The van der Waals surface area contributed by atoms with Crippen molar-refractivity contribution >= 4 is 8.07 Å². The average Bonchev–Trinajstić information content (AvgIpc) is 3.32. The zero-order valence-electron chi connectivity index (χ0n) is 12.6. The van der Waals surface area contributed by atoms with Crippen LogP contribution in [0.2, 0.25) is 22.2 Å². The summed E-state index contributed by atoms with van der Waals surface area (Å²) in [5.41, 5.74) is 3.07. The van der Waals surface area contributed by atoms with Crippen LogP contribution in [0.5, 0.6) is 0 Å². The highest BCUT2D eigenvalue weighted by Gasteiger charge is 2.54. The molecular weight excluding hydrogens is 268 g/mol. The minimum Gasteiger partial charge on any atom is -0.0803 e. The van der Waals surface area contributed by atoms with Crippen LogP contribution in [-0.4, -0.2) is 8.07 Å². The molecule has 0 unspecified atom stereocenters. The van der Waals surface area contributed by atoms with Gasteiger partial charge in [-0.3, -0.25) is 0 Å². The Kier molecular flexibility index (Phi) is 3.46. The molecule has 1 fully saturated rings. The zero-order chi connectivity index (χ0) is 14.1. The highest BCUT2D eigenvalue weighted by Crippen LogP contribution is 2.59. The standard InChI is InChI=1S/C20H24Si/c1-2-10-17(9-1)21(18-11-3-4-12-18,19-13-5-6-14-19)20-15-7-8-16-20/h1-6,9-14,17-20H,7-8,15-16H2. The molecule has 0 aromatic rings. The van der Waals surface area contributed by atoms with Gasteiger partial charge >= 0.3 is 0 Å². The van der Waals surface area contributed by atoms with E-state index in [2.05, 4.69) is 72.9 Å². The normalized spacial score (nSPS) is 26.3. The van der Waals surface area contributed by atoms with Gasteiger partial charge in [0.15, 0.2) is 0 Å². The molecule has 4 rings (SSSR count). The summed E-state index contributed by atoms with van der Waals surface area (Å²) < 4.78 is 0. The summed E-state index contributed by atoms with van der Waals surface area (Å²) in [5, 5.41) is 0. The highest BCUT2D eigenvalue weighted by atomic mass is 28.3. The fourth-order valence-electron chi connectivity index (χ4n) is 5.20. The van der Waals surface area contributed by atoms with Crippen molar-refractivity contribution in [3.63, 3.8) is 0 Å². The Labute approximate surface area is 129 Å². The highest BCUT2D eigenvalue weighted by molar-refractivity contribution is 6.88. The molecule has 0 radical (unpaired) electrons. The minimum atomic E-state index is -1.58. The molecule has 0 saturated heterocycles. The predicted octanol–water partition coefficient (Wildman–Crippen LogP) is 5.87. The first-order valence-electron chi connectivity index (χ1n) is 8.47. The number of allylic oxidation sites excluding steroid dienone is 12. The van der Waals surface area contributed by atoms with Crippen LogP contribution in [0.15, 0.2) is 72.9 Å². The van der Waals surface area contributed by atoms with E-state index in [1.54, 1.807) is 0 Å². The molecule has 21 heavy (non-hydrogen) atoms. The Morgan fingerprint density at radius 1 is 0.524 bits per heavy atom. The third kappa shape index (κ3) is 2.02. The molecule has 0 amide bonds. The first-order valence-corrected chi connectivity index (χ1v) is 10.8. The maximum Gasteiger partial charge on any atom is 0.0893 e. The van der Waals surface area contributed by atoms with Gasteiger partial charge < -0.3 is 0 Å². The van der Waals surface area contributed by atoms with Gasteiger partial charge in [-0.25, -0.2) is 0 Å². The third-order valence-electron chi connectivity index (χ3n) is 6.04. The van der Waals surface area contributed by atoms with Crippen LogP contribution >= 0.6 is 0 Å². The van der Waals surface area contributed by atoms with Crippen LogP contribution in [0.3, 0.4) is 0 Å². The first-order chi connectivity index (χ1) is 10.4. The van der Waals surface area contributed by atoms with Crippen LogP contribution < -0.4 is 0 Å². The lowest BCUT2D eigenvalue weighted by molar-refractivity contribution is 0.785. The summed E-state index contributed by atoms with van der Waals surface area (Å²) >= 11 is 0. The summed E-state index contributed by atoms with van der Waals surface area (Å²) in [7, 11) is -1.58. The number of hydrogen-bond donors (Lipinski definition) is 0. The average molecular weight is 292 g/mol. The van der Waals surface area contributed by atoms with Crippen molar-refractivity contribution in [1.82, 2.24) is 0 Å². The zero-order valence-corrected chi connectivity index (χ0v) is 13.6. The Morgan fingerprint density at radius 3 is 1.19 bits per heavy atom. The molecule has 0 aliphatic heterocycles. The van der Waals surface area contributed by atoms with E-state index in [1.165, 1.54) is 25.7 Å². The van der Waals surface area contributed by atoms with Crippen LogP contribution in [0.4, 0.5) is 0 Å². The van der Waals surface area contributed by atoms with Crippen molar-refractivity contribution < 1.29 is 0 Å². The van der Waals surface area contributed by atoms with Crippen molar-refractivity contribution in [2.45, 2.75) is 47.8 Å². The predicted molar refractivity (Wildman–Crippen MR) is 94.1 cm³/mol. The summed E-state index contributed by atoms with van der Waals surface area (Å²) in [5.74, 6) is 0. The van der Waals surface area contributed by atoms with Crippen molar-refractivity contribution in [3.8, 4) is 0 Å². The van der Waals surface area contributed by atoms with Gasteiger partial charge in [-0.2, -0.15) is 0 Å². The second kappa shape index (κ2) is 5.45. The molecule has 0 N–H and O–H groups in total. The van der Waals surface area contributed by atoms with Crippen LogP contribution in [0.25, 0.3) is 0 Å². The quantitative estimate of drug-likeness (QED) is 0.569. The lowest BCUT2D eigenvalue weighted by Gasteiger charge is -2.48. The molecule has 0 aromatic heterocycles. The summed E-state index contributed by atoms with van der Waals surface area (Å²) in [6.45, 7) is 0. The Hall–Kier alpha value is -1.34. The topological polar surface area (TPSA) is 0 Å². The molecule has 108 valence electrons. The van der Waals surface area contributed by atoms with E-state index in [-0.39, 0.29) is 0 Å². The van der Waals surface area contributed by atoms with Gasteiger partial charge in [-0.05, 0) is 22.2 Å². The van der Waals surface area contributed by atoms with E-state index < -0.39 is 8.07 Å². The molecule has 0 atom stereocenters. The van der Waals surface area contributed by atoms with Gasteiger partial charge in [0.05, 0.1) is 8.07 Å². The molecule has 0 heterocycles. The SMILES string of the molecule is C1=CC([Si](C2C=CC=C2)(C2C=CC=C2)C2CCCC2)C=C1. The van der Waals surface area contributed by atoms with Crippen molar-refractivity contribution in [3.05, 3.63) is 72.9 Å². The van der Waals surface area contributed by atoms with Gasteiger partial charge in [0.25, 0.3) is 0 Å². The molecular formula is C20H24Si. The largest absolute Gasteiger partial charge is 0.0893 e. The van der Waals surface area contributed by atoms with Gasteiger partial charge in [-0.15, -0.1) is 0 Å². The Balaban J connectivity index is 1.84. The molecule has 1 saturated carbocycles. The maximum atomic E-state index is 2.50. The summed E-state index contributed by atoms with van der Waals surface area (Å²) in [6.07, 6.45) is 34.5. The van der Waals surface area contributed by atoms with E-state index in [4.69, 9.17) is 0 Å². The first kappa shape index (κ1) is 13.3. The lowest BCUT2D eigenvalue weighted by Crippen LogP contribution is -2.49. The van der Waals surface area contributed by atoms with Crippen LogP contribution in [0, 0.1) is 0 Å². The third-order valence-corrected chi connectivity index (χ3v) is 12.6. The van der Waals surface area contributed by atoms with Gasteiger partial charge in [0.1, 0.15) is 0 Å². The second-order valence-electron chi connectivity index (χ2n) is 6.87. The Morgan fingerprint density at radius 2 is 0.857 bits per heavy atom. The summed E-state index contributed by atoms with van der Waals surface area (Å²) in [4.78, 5) is 0. The number of rotatable bonds is 4. The molecule has 1 heteroatoms. The second-order valence-corrected chi connectivity index (χ2v) is 11.7. The Bertz CT molecular complexity index is 461. The van der Waals surface area contributed by atoms with Crippen molar-refractivity contribution in [2.24, 2.45) is 0 Å². The van der Waals surface area contributed by atoms with E-state index >= 15 is 0 Å². The monoisotopic (exact) mass is 292 g/mol. The molecule has 0 bridgehead atoms. The van der Waals surface area contributed by atoms with Crippen LogP contribution in [0.1, 0.15) is 25.7 Å². The summed E-state index contributed by atoms with van der Waals surface area (Å²) in [6, 6.07) is 0. The number of hydrogen-bond acceptors (Lipinski definition) is 0. The van der Waals surface area contributed by atoms with E-state index in [0.29, 0.717) is 16.6 Å². The fourth-order valence-corrected chi connectivity index (χ4v) is 12.2. The maximum absolute atomic E-state index is 2.50. The molecule has 0 spiro atoms. The van der Waals surface area contributed by atoms with E-state index in [0.717, 1.165) is 5.54 Å². The van der Waals surface area contributed by atoms with Crippen molar-refractivity contribution in [2.75, 3.05) is 0 Å². The molecule has 4 aliphatic rings. The van der Waals surface area contributed by atoms with E-state index in [1.807, 2.05) is 0 Å². The van der Waals surface area contributed by atoms with Crippen LogP contribution in [-0.2, 0) is 0 Å². The van der Waals surface area contributed by atoms with Crippen molar-refractivity contribution in [1.29, 1.82) is 0 Å². The lowest BCUT2D eigenvalue weighted by atomic mass is 10.3. The molecule has 0 aromatic carbocycles. The van der Waals surface area contributed by atoms with Gasteiger partial charge in [-0.1, -0.05) is 98.6 Å². The smallest absolute Gasteiger partial charge is 0.0803 e. The molecule has 4 aliphatic carbocycles. The van der Waals surface area contributed by atoms with Gasteiger partial charge in [0, 0.05) is 0 Å². The van der Waals surface area contributed by atoms with E-state index in [9.17, 15) is 0 Å². The van der Waals surface area contributed by atoms with Gasteiger partial charge in [0.2, 0.25) is 0 Å². The fraction of sp³-hybridized carbons (Fsp3) is 0.400.